The molecule has 7 nitrogen and oxygen atoms in total. The number of hydrogen-bond donors (Lipinski definition) is 1. The lowest BCUT2D eigenvalue weighted by atomic mass is 9.89. The molecule has 2 amide bonds. The van der Waals surface area contributed by atoms with E-state index < -0.39 is 5.92 Å². The van der Waals surface area contributed by atoms with Crippen molar-refractivity contribution in [3.8, 4) is 0 Å². The Balaban J connectivity index is 1.62. The SMILES string of the molecule is O=C1CC(C(=O)N2CCn3ncnc3C2)c2ccccc2N1. The summed E-state index contributed by atoms with van der Waals surface area (Å²) in [6.45, 7) is 1.68. The minimum absolute atomic E-state index is 0.0171. The van der Waals surface area contributed by atoms with Crippen LogP contribution >= 0.6 is 0 Å². The molecule has 0 saturated heterocycles. The average Bonchev–Trinajstić information content (AvgIpc) is 3.00. The Hall–Kier alpha value is -2.70. The van der Waals surface area contributed by atoms with Gasteiger partial charge in [0.25, 0.3) is 0 Å². The topological polar surface area (TPSA) is 80.1 Å². The molecule has 22 heavy (non-hydrogen) atoms. The standard InChI is InChI=1S/C15H15N5O2/c21-14-7-11(10-3-1-2-4-12(10)18-14)15(22)19-5-6-20-13(8-19)16-9-17-20/h1-4,9,11H,5-8H2,(H,18,21). The molecular formula is C15H15N5O2. The second-order valence-corrected chi connectivity index (χ2v) is 5.55. The Morgan fingerprint density at radius 3 is 3.05 bits per heavy atom. The Morgan fingerprint density at radius 2 is 2.14 bits per heavy atom. The predicted octanol–water partition coefficient (Wildman–Crippen LogP) is 0.746. The van der Waals surface area contributed by atoms with Crippen molar-refractivity contribution in [1.82, 2.24) is 19.7 Å². The number of carbonyl (C=O) groups excluding carboxylic acids is 2. The maximum absolute atomic E-state index is 12.9. The average molecular weight is 297 g/mol. The summed E-state index contributed by atoms with van der Waals surface area (Å²) in [6, 6.07) is 7.49. The summed E-state index contributed by atoms with van der Waals surface area (Å²) in [5.41, 5.74) is 1.62. The molecule has 1 aromatic carbocycles. The van der Waals surface area contributed by atoms with Crippen molar-refractivity contribution in [2.24, 2.45) is 0 Å². The third-order valence-electron chi connectivity index (χ3n) is 4.22. The zero-order valence-corrected chi connectivity index (χ0v) is 11.9. The smallest absolute Gasteiger partial charge is 0.231 e. The second-order valence-electron chi connectivity index (χ2n) is 5.55. The number of rotatable bonds is 1. The fourth-order valence-corrected chi connectivity index (χ4v) is 3.10. The maximum Gasteiger partial charge on any atom is 0.231 e. The Kier molecular flexibility index (Phi) is 2.92. The molecular weight excluding hydrogens is 282 g/mol. The zero-order valence-electron chi connectivity index (χ0n) is 11.9. The van der Waals surface area contributed by atoms with E-state index in [4.69, 9.17) is 0 Å². The first kappa shape index (κ1) is 13.0. The van der Waals surface area contributed by atoms with Crippen molar-refractivity contribution in [2.75, 3.05) is 11.9 Å². The van der Waals surface area contributed by atoms with Gasteiger partial charge in [0, 0.05) is 18.7 Å². The molecule has 0 fully saturated rings. The van der Waals surface area contributed by atoms with Crippen molar-refractivity contribution >= 4 is 17.5 Å². The summed E-state index contributed by atoms with van der Waals surface area (Å²) in [4.78, 5) is 30.7. The zero-order chi connectivity index (χ0) is 15.1. The number of nitrogens with zero attached hydrogens (tertiary/aromatic N) is 4. The van der Waals surface area contributed by atoms with E-state index in [1.54, 1.807) is 4.90 Å². The van der Waals surface area contributed by atoms with Gasteiger partial charge in [0.15, 0.2) is 0 Å². The molecule has 4 rings (SSSR count). The van der Waals surface area contributed by atoms with Crippen LogP contribution in [-0.2, 0) is 22.7 Å². The van der Waals surface area contributed by atoms with Crippen LogP contribution in [0.15, 0.2) is 30.6 Å². The van der Waals surface area contributed by atoms with Crippen LogP contribution in [0.25, 0.3) is 0 Å². The number of hydrogen-bond acceptors (Lipinski definition) is 4. The Labute approximate surface area is 126 Å². The molecule has 0 bridgehead atoms. The van der Waals surface area contributed by atoms with Crippen LogP contribution in [0.1, 0.15) is 23.7 Å². The van der Waals surface area contributed by atoms with Gasteiger partial charge >= 0.3 is 0 Å². The molecule has 0 radical (unpaired) electrons. The quantitative estimate of drug-likeness (QED) is 0.842. The van der Waals surface area contributed by atoms with E-state index >= 15 is 0 Å². The van der Waals surface area contributed by atoms with E-state index in [1.165, 1.54) is 6.33 Å². The molecule has 1 aromatic heterocycles. The first-order valence-electron chi connectivity index (χ1n) is 7.26. The van der Waals surface area contributed by atoms with Gasteiger partial charge in [-0.3, -0.25) is 9.59 Å². The number of carbonyl (C=O) groups is 2. The lowest BCUT2D eigenvalue weighted by molar-refractivity contribution is -0.136. The van der Waals surface area contributed by atoms with Gasteiger partial charge in [-0.25, -0.2) is 9.67 Å². The molecule has 2 aromatic rings. The first-order valence-corrected chi connectivity index (χ1v) is 7.26. The highest BCUT2D eigenvalue weighted by atomic mass is 16.2. The van der Waals surface area contributed by atoms with E-state index in [0.717, 1.165) is 17.1 Å². The lowest BCUT2D eigenvalue weighted by Crippen LogP contribution is -2.43. The third-order valence-corrected chi connectivity index (χ3v) is 4.22. The van der Waals surface area contributed by atoms with E-state index in [2.05, 4.69) is 15.4 Å². The highest BCUT2D eigenvalue weighted by Gasteiger charge is 2.34. The lowest BCUT2D eigenvalue weighted by Gasteiger charge is -2.32. The van der Waals surface area contributed by atoms with Crippen molar-refractivity contribution in [3.63, 3.8) is 0 Å². The third kappa shape index (κ3) is 2.05. The van der Waals surface area contributed by atoms with Gasteiger partial charge in [0.05, 0.1) is 19.0 Å². The van der Waals surface area contributed by atoms with Crippen LogP contribution < -0.4 is 5.32 Å². The number of amides is 2. The monoisotopic (exact) mass is 297 g/mol. The fourth-order valence-electron chi connectivity index (χ4n) is 3.10. The summed E-state index contributed by atoms with van der Waals surface area (Å²) in [7, 11) is 0. The van der Waals surface area contributed by atoms with Gasteiger partial charge in [-0.05, 0) is 11.6 Å². The van der Waals surface area contributed by atoms with E-state index in [-0.39, 0.29) is 18.2 Å². The van der Waals surface area contributed by atoms with E-state index in [1.807, 2.05) is 28.9 Å². The van der Waals surface area contributed by atoms with Crippen LogP contribution in [0, 0.1) is 0 Å². The minimum Gasteiger partial charge on any atom is -0.333 e. The molecule has 112 valence electrons. The highest BCUT2D eigenvalue weighted by Crippen LogP contribution is 2.33. The van der Waals surface area contributed by atoms with E-state index in [0.29, 0.717) is 19.6 Å². The van der Waals surface area contributed by atoms with Crippen LogP contribution in [0.3, 0.4) is 0 Å². The van der Waals surface area contributed by atoms with Gasteiger partial charge in [-0.1, -0.05) is 18.2 Å². The van der Waals surface area contributed by atoms with Crippen molar-refractivity contribution in [1.29, 1.82) is 0 Å². The number of anilines is 1. The fraction of sp³-hybridized carbons (Fsp3) is 0.333. The van der Waals surface area contributed by atoms with Crippen LogP contribution in [-0.4, -0.2) is 38.0 Å². The van der Waals surface area contributed by atoms with Crippen LogP contribution in [0.2, 0.25) is 0 Å². The van der Waals surface area contributed by atoms with Gasteiger partial charge in [0.1, 0.15) is 12.2 Å². The Morgan fingerprint density at radius 1 is 1.27 bits per heavy atom. The molecule has 1 unspecified atom stereocenters. The number of nitrogens with one attached hydrogen (secondary N) is 1. The number of aromatic nitrogens is 3. The van der Waals surface area contributed by atoms with Crippen LogP contribution in [0.4, 0.5) is 5.69 Å². The van der Waals surface area contributed by atoms with Crippen LogP contribution in [0.5, 0.6) is 0 Å². The number of fused-ring (bicyclic) bond motifs is 2. The Bertz CT molecular complexity index is 754. The van der Waals surface area contributed by atoms with Gasteiger partial charge in [-0.15, -0.1) is 0 Å². The van der Waals surface area contributed by atoms with E-state index in [9.17, 15) is 9.59 Å². The molecule has 0 aliphatic carbocycles. The summed E-state index contributed by atoms with van der Waals surface area (Å²) < 4.78 is 1.81. The first-order chi connectivity index (χ1) is 10.7. The molecule has 2 aliphatic rings. The molecule has 7 heteroatoms. The largest absolute Gasteiger partial charge is 0.333 e. The second kappa shape index (κ2) is 4.94. The summed E-state index contributed by atoms with van der Waals surface area (Å²) in [5, 5.41) is 6.94. The maximum atomic E-state index is 12.9. The number of para-hydroxylation sites is 1. The van der Waals surface area contributed by atoms with Crippen molar-refractivity contribution in [2.45, 2.75) is 25.4 Å². The molecule has 3 heterocycles. The summed E-state index contributed by atoms with van der Waals surface area (Å²) >= 11 is 0. The van der Waals surface area contributed by atoms with Gasteiger partial charge < -0.3 is 10.2 Å². The van der Waals surface area contributed by atoms with Crippen molar-refractivity contribution in [3.05, 3.63) is 42.0 Å². The normalized spacial score (nSPS) is 20.1. The molecule has 0 saturated carbocycles. The van der Waals surface area contributed by atoms with Gasteiger partial charge in [-0.2, -0.15) is 5.10 Å². The predicted molar refractivity (Wildman–Crippen MR) is 77.9 cm³/mol. The molecule has 1 atom stereocenters. The molecule has 0 spiro atoms. The van der Waals surface area contributed by atoms with Crippen molar-refractivity contribution < 1.29 is 9.59 Å². The summed E-state index contributed by atoms with van der Waals surface area (Å²) in [6.07, 6.45) is 1.70. The minimum atomic E-state index is -0.417. The summed E-state index contributed by atoms with van der Waals surface area (Å²) in [5.74, 6) is 0.237. The number of benzene rings is 1. The highest BCUT2D eigenvalue weighted by molar-refractivity contribution is 6.01. The molecule has 2 aliphatic heterocycles. The molecule has 1 N–H and O–H groups in total. The van der Waals surface area contributed by atoms with Gasteiger partial charge in [0.2, 0.25) is 11.8 Å².